The highest BCUT2D eigenvalue weighted by Gasteiger charge is 2.53. The molecular weight excluding hydrogens is 256 g/mol. The van der Waals surface area contributed by atoms with Crippen LogP contribution in [-0.2, 0) is 14.6 Å². The van der Waals surface area contributed by atoms with Crippen LogP contribution in [0.4, 0.5) is 0 Å². The van der Waals surface area contributed by atoms with Crippen molar-refractivity contribution in [2.24, 2.45) is 23.7 Å². The van der Waals surface area contributed by atoms with Crippen molar-refractivity contribution in [3.8, 4) is 0 Å². The summed E-state index contributed by atoms with van der Waals surface area (Å²) in [4.78, 5) is 0. The van der Waals surface area contributed by atoms with Gasteiger partial charge in [0.15, 0.2) is 9.84 Å². The summed E-state index contributed by atoms with van der Waals surface area (Å²) in [6, 6.07) is 0. The molecule has 3 rings (SSSR count). The molecule has 0 aromatic rings. The van der Waals surface area contributed by atoms with Crippen molar-refractivity contribution >= 4 is 21.6 Å². The van der Waals surface area contributed by atoms with Gasteiger partial charge in [-0.3, -0.25) is 0 Å². The minimum Gasteiger partial charge on any atom is -0.370 e. The Kier molecular flexibility index (Phi) is 2.99. The molecule has 0 amide bonds. The largest absolute Gasteiger partial charge is 0.370 e. The third kappa shape index (κ3) is 2.26. The van der Waals surface area contributed by atoms with E-state index in [0.29, 0.717) is 46.7 Å². The molecule has 0 aromatic carbocycles. The Bertz CT molecular complexity index is 406. The molecule has 2 saturated heterocycles. The van der Waals surface area contributed by atoms with Gasteiger partial charge in [0.25, 0.3) is 0 Å². The van der Waals surface area contributed by atoms with E-state index in [1.807, 2.05) is 0 Å². The Hall–Kier alpha value is 0.260. The Balaban J connectivity index is 1.82. The number of rotatable bonds is 1. The predicted molar refractivity (Wildman–Crippen MR) is 69.7 cm³/mol. The van der Waals surface area contributed by atoms with Gasteiger partial charge in [0.1, 0.15) is 0 Å². The Morgan fingerprint density at radius 2 is 1.88 bits per heavy atom. The molecule has 0 spiro atoms. The summed E-state index contributed by atoms with van der Waals surface area (Å²) in [7, 11) is -2.83. The lowest BCUT2D eigenvalue weighted by Gasteiger charge is -2.21. The molecule has 3 nitrogen and oxygen atoms in total. The van der Waals surface area contributed by atoms with Crippen LogP contribution in [0.15, 0.2) is 0 Å². The zero-order chi connectivity index (χ0) is 12.2. The topological polar surface area (TPSA) is 46.7 Å². The van der Waals surface area contributed by atoms with E-state index in [1.165, 1.54) is 0 Å². The molecule has 0 aromatic heterocycles. The van der Waals surface area contributed by atoms with Crippen molar-refractivity contribution in [1.82, 2.24) is 0 Å². The van der Waals surface area contributed by atoms with Gasteiger partial charge in [-0.15, -0.1) is 11.8 Å². The number of sulfone groups is 1. The van der Waals surface area contributed by atoms with Gasteiger partial charge in [-0.2, -0.15) is 0 Å². The molecule has 1 aliphatic carbocycles. The maximum Gasteiger partial charge on any atom is 0.159 e. The molecule has 6 atom stereocenters. The summed E-state index contributed by atoms with van der Waals surface area (Å²) in [5.41, 5.74) is 0. The van der Waals surface area contributed by atoms with Gasteiger partial charge < -0.3 is 4.74 Å². The normalized spacial score (nSPS) is 52.8. The van der Waals surface area contributed by atoms with Gasteiger partial charge in [-0.05, 0) is 42.8 Å². The summed E-state index contributed by atoms with van der Waals surface area (Å²) < 4.78 is 29.4. The number of hydrogen-bond acceptors (Lipinski definition) is 4. The van der Waals surface area contributed by atoms with E-state index in [0.717, 1.165) is 12.2 Å². The molecular formula is C12H20O3S2. The number of hydrogen-bond donors (Lipinski definition) is 0. The fourth-order valence-electron chi connectivity index (χ4n) is 3.74. The molecule has 0 radical (unpaired) electrons. The van der Waals surface area contributed by atoms with Crippen LogP contribution < -0.4 is 0 Å². The molecule has 0 bridgehead atoms. The number of epoxide rings is 1. The van der Waals surface area contributed by atoms with Crippen LogP contribution in [0, 0.1) is 23.7 Å². The monoisotopic (exact) mass is 276 g/mol. The zero-order valence-corrected chi connectivity index (χ0v) is 12.0. The van der Waals surface area contributed by atoms with Gasteiger partial charge in [0.2, 0.25) is 0 Å². The van der Waals surface area contributed by atoms with Crippen LogP contribution in [0.2, 0.25) is 0 Å². The highest BCUT2D eigenvalue weighted by Crippen LogP contribution is 2.51. The Morgan fingerprint density at radius 1 is 1.18 bits per heavy atom. The SMILES string of the molecule is CC1CC(C2OC2C)C2CSCS(=O)(=O)CC12. The lowest BCUT2D eigenvalue weighted by Crippen LogP contribution is -2.26. The lowest BCUT2D eigenvalue weighted by molar-refractivity contribution is 0.269. The van der Waals surface area contributed by atoms with Gasteiger partial charge in [-0.1, -0.05) is 6.92 Å². The van der Waals surface area contributed by atoms with Gasteiger partial charge >= 0.3 is 0 Å². The average molecular weight is 276 g/mol. The summed E-state index contributed by atoms with van der Waals surface area (Å²) in [5.74, 6) is 3.48. The predicted octanol–water partition coefficient (Wildman–Crippen LogP) is 1.78. The fraction of sp³-hybridized carbons (Fsp3) is 1.00. The van der Waals surface area contributed by atoms with E-state index in [2.05, 4.69) is 13.8 Å². The van der Waals surface area contributed by atoms with E-state index in [9.17, 15) is 8.42 Å². The Morgan fingerprint density at radius 3 is 2.53 bits per heavy atom. The van der Waals surface area contributed by atoms with Crippen LogP contribution in [-0.4, -0.2) is 37.2 Å². The fourth-order valence-corrected chi connectivity index (χ4v) is 7.45. The van der Waals surface area contributed by atoms with Crippen LogP contribution in [0.25, 0.3) is 0 Å². The average Bonchev–Trinajstić information content (AvgIpc) is 2.91. The molecule has 3 aliphatic rings. The smallest absolute Gasteiger partial charge is 0.159 e. The van der Waals surface area contributed by atoms with Crippen molar-refractivity contribution in [2.75, 3.05) is 16.6 Å². The highest BCUT2D eigenvalue weighted by molar-refractivity contribution is 8.12. The summed E-state index contributed by atoms with van der Waals surface area (Å²) >= 11 is 1.61. The Labute approximate surface area is 108 Å². The first-order valence-corrected chi connectivity index (χ1v) is 9.39. The molecule has 17 heavy (non-hydrogen) atoms. The summed E-state index contributed by atoms with van der Waals surface area (Å²) in [6.07, 6.45) is 1.96. The number of ether oxygens (including phenoxy) is 1. The minimum absolute atomic E-state index is 0.320. The van der Waals surface area contributed by atoms with Gasteiger partial charge in [0.05, 0.1) is 23.0 Å². The van der Waals surface area contributed by atoms with E-state index in [4.69, 9.17) is 4.74 Å². The quantitative estimate of drug-likeness (QED) is 0.685. The molecule has 2 heterocycles. The lowest BCUT2D eigenvalue weighted by atomic mass is 9.88. The third-order valence-electron chi connectivity index (χ3n) is 4.67. The van der Waals surface area contributed by atoms with Crippen molar-refractivity contribution in [1.29, 1.82) is 0 Å². The third-order valence-corrected chi connectivity index (χ3v) is 8.29. The molecule has 5 heteroatoms. The maximum atomic E-state index is 11.9. The molecule has 98 valence electrons. The summed E-state index contributed by atoms with van der Waals surface area (Å²) in [5, 5.41) is 0.320. The second-order valence-electron chi connectivity index (χ2n) is 5.91. The first kappa shape index (κ1) is 12.3. The van der Waals surface area contributed by atoms with Crippen LogP contribution in [0.1, 0.15) is 20.3 Å². The maximum absolute atomic E-state index is 11.9. The summed E-state index contributed by atoms with van der Waals surface area (Å²) in [6.45, 7) is 4.35. The standard InChI is InChI=1S/C12H20O3S2/c1-7-3-9(12-8(2)15-12)10-4-16-6-17(13,14)5-11(7)10/h7-12H,3-6H2,1-2H3. The minimum atomic E-state index is -2.83. The molecule has 0 N–H and O–H groups in total. The number of fused-ring (bicyclic) bond motifs is 1. The van der Waals surface area contributed by atoms with Crippen LogP contribution >= 0.6 is 11.8 Å². The molecule has 6 unspecified atom stereocenters. The van der Waals surface area contributed by atoms with Crippen molar-refractivity contribution in [3.63, 3.8) is 0 Å². The van der Waals surface area contributed by atoms with Crippen molar-refractivity contribution in [3.05, 3.63) is 0 Å². The molecule has 3 fully saturated rings. The van der Waals surface area contributed by atoms with Gasteiger partial charge in [0, 0.05) is 0 Å². The van der Waals surface area contributed by atoms with Crippen molar-refractivity contribution < 1.29 is 13.2 Å². The van der Waals surface area contributed by atoms with E-state index < -0.39 is 9.84 Å². The highest BCUT2D eigenvalue weighted by atomic mass is 32.3. The second-order valence-corrected chi connectivity index (χ2v) is 9.41. The second kappa shape index (κ2) is 4.14. The van der Waals surface area contributed by atoms with E-state index in [-0.39, 0.29) is 0 Å². The zero-order valence-electron chi connectivity index (χ0n) is 10.3. The van der Waals surface area contributed by atoms with Crippen LogP contribution in [0.5, 0.6) is 0 Å². The molecule has 1 saturated carbocycles. The van der Waals surface area contributed by atoms with Crippen molar-refractivity contribution in [2.45, 2.75) is 32.5 Å². The first-order chi connectivity index (χ1) is 7.98. The van der Waals surface area contributed by atoms with Gasteiger partial charge in [-0.25, -0.2) is 8.42 Å². The van der Waals surface area contributed by atoms with E-state index >= 15 is 0 Å². The van der Waals surface area contributed by atoms with Crippen LogP contribution in [0.3, 0.4) is 0 Å². The van der Waals surface area contributed by atoms with E-state index in [1.54, 1.807) is 11.8 Å². The molecule has 2 aliphatic heterocycles. The first-order valence-electron chi connectivity index (χ1n) is 6.41. The number of thioether (sulfide) groups is 1.